The monoisotopic (exact) mass is 502 g/mol. The third kappa shape index (κ3) is 7.25. The summed E-state index contributed by atoms with van der Waals surface area (Å²) in [5, 5.41) is 29.8. The molecule has 37 heavy (non-hydrogen) atoms. The van der Waals surface area contributed by atoms with Gasteiger partial charge in [-0.3, -0.25) is 15.0 Å². The number of rotatable bonds is 9. The summed E-state index contributed by atoms with van der Waals surface area (Å²) in [6, 6.07) is 21.9. The van der Waals surface area contributed by atoms with E-state index in [1.165, 1.54) is 10.5 Å². The van der Waals surface area contributed by atoms with Crippen LogP contribution in [0.4, 0.5) is 11.4 Å². The number of benzene rings is 3. The molecule has 0 spiro atoms. The molecule has 1 unspecified atom stereocenters. The van der Waals surface area contributed by atoms with Gasteiger partial charge in [0.2, 0.25) is 5.91 Å². The summed E-state index contributed by atoms with van der Waals surface area (Å²) in [4.78, 5) is 26.7. The van der Waals surface area contributed by atoms with Crippen molar-refractivity contribution in [2.75, 3.05) is 23.4 Å². The summed E-state index contributed by atoms with van der Waals surface area (Å²) in [6.45, 7) is 6.25. The number of hydrogen-bond donors (Lipinski definition) is 5. The molecule has 0 bridgehead atoms. The number of nitrogens with zero attached hydrogens (tertiary/aromatic N) is 1. The molecule has 0 aliphatic carbocycles. The standard InChI is InChI=1S/C29H34N4O4/c1-29(2,3)22-10-4-19(5-11-22)20-8-14-24(15-9-20)33(16-17-34)26(36)18-25(35)28(37)32-23-12-6-21(7-13-23)27(30)31/h4-15,25,34-35H,16-18H2,1-3H3,(H3,30,31)(H,32,37). The number of nitrogens with one attached hydrogen (secondary N) is 2. The van der Waals surface area contributed by atoms with Gasteiger partial charge in [0, 0.05) is 23.5 Å². The van der Waals surface area contributed by atoms with Crippen molar-refractivity contribution < 1.29 is 19.8 Å². The van der Waals surface area contributed by atoms with Crippen molar-refractivity contribution in [3.8, 4) is 11.1 Å². The predicted molar refractivity (Wildman–Crippen MR) is 147 cm³/mol. The molecule has 0 heterocycles. The second-order valence-electron chi connectivity index (χ2n) is 9.84. The first kappa shape index (κ1) is 27.6. The van der Waals surface area contributed by atoms with E-state index in [2.05, 4.69) is 50.4 Å². The Morgan fingerprint density at radius 1 is 0.946 bits per heavy atom. The Morgan fingerprint density at radius 3 is 1.97 bits per heavy atom. The van der Waals surface area contributed by atoms with E-state index in [0.29, 0.717) is 16.9 Å². The highest BCUT2D eigenvalue weighted by Crippen LogP contribution is 2.28. The van der Waals surface area contributed by atoms with Gasteiger partial charge >= 0.3 is 0 Å². The van der Waals surface area contributed by atoms with Crippen LogP contribution in [-0.2, 0) is 15.0 Å². The molecule has 0 saturated heterocycles. The second-order valence-corrected chi connectivity index (χ2v) is 9.84. The molecule has 3 aromatic carbocycles. The molecule has 8 nitrogen and oxygen atoms in total. The lowest BCUT2D eigenvalue weighted by Gasteiger charge is -2.23. The van der Waals surface area contributed by atoms with E-state index in [0.717, 1.165) is 11.1 Å². The average molecular weight is 503 g/mol. The van der Waals surface area contributed by atoms with Crippen molar-refractivity contribution in [1.82, 2.24) is 0 Å². The lowest BCUT2D eigenvalue weighted by molar-refractivity contribution is -0.129. The fourth-order valence-electron chi connectivity index (χ4n) is 3.82. The molecule has 0 aliphatic rings. The van der Waals surface area contributed by atoms with E-state index in [1.54, 1.807) is 36.4 Å². The SMILES string of the molecule is CC(C)(C)c1ccc(-c2ccc(N(CCO)C(=O)CC(O)C(=O)Nc3ccc(C(=N)N)cc3)cc2)cc1. The van der Waals surface area contributed by atoms with Crippen molar-refractivity contribution >= 4 is 29.0 Å². The number of hydrogen-bond acceptors (Lipinski definition) is 5. The first-order valence-electron chi connectivity index (χ1n) is 12.0. The van der Waals surface area contributed by atoms with E-state index in [-0.39, 0.29) is 24.4 Å². The molecule has 6 N–H and O–H groups in total. The third-order valence-corrected chi connectivity index (χ3v) is 6.02. The average Bonchev–Trinajstić information content (AvgIpc) is 2.87. The molecule has 0 fully saturated rings. The summed E-state index contributed by atoms with van der Waals surface area (Å²) in [5.41, 5.74) is 10.2. The van der Waals surface area contributed by atoms with Crippen LogP contribution < -0.4 is 16.0 Å². The lowest BCUT2D eigenvalue weighted by atomic mass is 9.86. The number of amides is 2. The number of amidine groups is 1. The Kier molecular flexibility index (Phi) is 8.81. The first-order valence-corrected chi connectivity index (χ1v) is 12.0. The van der Waals surface area contributed by atoms with Gasteiger partial charge in [0.15, 0.2) is 0 Å². The van der Waals surface area contributed by atoms with Crippen molar-refractivity contribution in [3.05, 3.63) is 83.9 Å². The summed E-state index contributed by atoms with van der Waals surface area (Å²) >= 11 is 0. The van der Waals surface area contributed by atoms with Gasteiger partial charge in [-0.15, -0.1) is 0 Å². The predicted octanol–water partition coefficient (Wildman–Crippen LogP) is 3.65. The maximum atomic E-state index is 12.9. The number of carbonyl (C=O) groups is 2. The molecule has 3 aromatic rings. The zero-order chi connectivity index (χ0) is 27.2. The summed E-state index contributed by atoms with van der Waals surface area (Å²) in [5.74, 6) is -1.33. The normalized spacial score (nSPS) is 12.0. The van der Waals surface area contributed by atoms with E-state index in [4.69, 9.17) is 11.1 Å². The topological polar surface area (TPSA) is 140 Å². The van der Waals surface area contributed by atoms with E-state index in [9.17, 15) is 19.8 Å². The van der Waals surface area contributed by atoms with Gasteiger partial charge in [0.25, 0.3) is 5.91 Å². The van der Waals surface area contributed by atoms with Crippen LogP contribution in [0, 0.1) is 5.41 Å². The van der Waals surface area contributed by atoms with Crippen LogP contribution in [-0.4, -0.2) is 47.1 Å². The zero-order valence-corrected chi connectivity index (χ0v) is 21.4. The zero-order valence-electron chi connectivity index (χ0n) is 21.4. The quantitative estimate of drug-likeness (QED) is 0.224. The lowest BCUT2D eigenvalue weighted by Crippen LogP contribution is -2.39. The number of nitrogen functional groups attached to an aromatic ring is 1. The van der Waals surface area contributed by atoms with Gasteiger partial charge < -0.3 is 26.2 Å². The molecule has 194 valence electrons. The largest absolute Gasteiger partial charge is 0.395 e. The van der Waals surface area contributed by atoms with Crippen LogP contribution >= 0.6 is 0 Å². The number of aliphatic hydroxyl groups excluding tert-OH is 2. The molecular weight excluding hydrogens is 468 g/mol. The Labute approximate surface area is 217 Å². The first-order chi connectivity index (χ1) is 17.5. The highest BCUT2D eigenvalue weighted by Gasteiger charge is 2.24. The molecule has 8 heteroatoms. The number of aliphatic hydroxyl groups is 2. The Hall–Kier alpha value is -4.01. The number of nitrogens with two attached hydrogens (primary N) is 1. The van der Waals surface area contributed by atoms with E-state index in [1.807, 2.05) is 12.1 Å². The van der Waals surface area contributed by atoms with Gasteiger partial charge in [0.1, 0.15) is 11.9 Å². The van der Waals surface area contributed by atoms with Crippen LogP contribution in [0.2, 0.25) is 0 Å². The molecule has 2 amide bonds. The second kappa shape index (κ2) is 11.8. The molecule has 0 aliphatic heterocycles. The van der Waals surface area contributed by atoms with Crippen LogP contribution in [0.1, 0.15) is 38.3 Å². The molecular formula is C29H34N4O4. The minimum atomic E-state index is -1.58. The highest BCUT2D eigenvalue weighted by atomic mass is 16.3. The van der Waals surface area contributed by atoms with Crippen molar-refractivity contribution in [1.29, 1.82) is 5.41 Å². The fourth-order valence-corrected chi connectivity index (χ4v) is 3.82. The summed E-state index contributed by atoms with van der Waals surface area (Å²) < 4.78 is 0. The van der Waals surface area contributed by atoms with Gasteiger partial charge in [-0.2, -0.15) is 0 Å². The van der Waals surface area contributed by atoms with E-state index < -0.39 is 24.3 Å². The minimum absolute atomic E-state index is 0.0271. The summed E-state index contributed by atoms with van der Waals surface area (Å²) in [6.07, 6.45) is -2.03. The highest BCUT2D eigenvalue weighted by molar-refractivity contribution is 6.01. The van der Waals surface area contributed by atoms with Crippen molar-refractivity contribution in [3.63, 3.8) is 0 Å². The molecule has 1 atom stereocenters. The number of carbonyl (C=O) groups excluding carboxylic acids is 2. The van der Waals surface area contributed by atoms with Crippen molar-refractivity contribution in [2.24, 2.45) is 5.73 Å². The van der Waals surface area contributed by atoms with Gasteiger partial charge in [-0.1, -0.05) is 57.2 Å². The molecule has 0 saturated carbocycles. The molecule has 0 aromatic heterocycles. The minimum Gasteiger partial charge on any atom is -0.395 e. The van der Waals surface area contributed by atoms with Crippen LogP contribution in [0.15, 0.2) is 72.8 Å². The summed E-state index contributed by atoms with van der Waals surface area (Å²) in [7, 11) is 0. The van der Waals surface area contributed by atoms with Gasteiger partial charge in [-0.25, -0.2) is 0 Å². The van der Waals surface area contributed by atoms with Gasteiger partial charge in [0.05, 0.1) is 13.0 Å². The third-order valence-electron chi connectivity index (χ3n) is 6.02. The Morgan fingerprint density at radius 2 is 1.49 bits per heavy atom. The van der Waals surface area contributed by atoms with Crippen LogP contribution in [0.25, 0.3) is 11.1 Å². The maximum Gasteiger partial charge on any atom is 0.253 e. The Bertz CT molecular complexity index is 1230. The number of anilines is 2. The molecule has 0 radical (unpaired) electrons. The fraction of sp³-hybridized carbons (Fsp3) is 0.276. The molecule has 3 rings (SSSR count). The Balaban J connectivity index is 1.66. The van der Waals surface area contributed by atoms with Crippen LogP contribution in [0.5, 0.6) is 0 Å². The van der Waals surface area contributed by atoms with E-state index >= 15 is 0 Å². The maximum absolute atomic E-state index is 12.9. The van der Waals surface area contributed by atoms with Crippen LogP contribution in [0.3, 0.4) is 0 Å². The smallest absolute Gasteiger partial charge is 0.253 e. The van der Waals surface area contributed by atoms with Gasteiger partial charge in [-0.05, 0) is 58.5 Å². The van der Waals surface area contributed by atoms with Crippen molar-refractivity contribution in [2.45, 2.75) is 38.7 Å².